The third kappa shape index (κ3) is 3.64. The number of carbonyl (C=O) groups excluding carboxylic acids is 1. The van der Waals surface area contributed by atoms with Gasteiger partial charge in [-0.3, -0.25) is 4.79 Å². The molecule has 1 saturated carbocycles. The van der Waals surface area contributed by atoms with Crippen molar-refractivity contribution in [1.29, 1.82) is 0 Å². The zero-order valence-electron chi connectivity index (χ0n) is 10.5. The fraction of sp³-hybridized carbons (Fsp3) is 0.833. The van der Waals surface area contributed by atoms with Gasteiger partial charge in [0.25, 0.3) is 0 Å². The summed E-state index contributed by atoms with van der Waals surface area (Å²) in [7, 11) is 0. The second kappa shape index (κ2) is 6.91. The van der Waals surface area contributed by atoms with Gasteiger partial charge in [0.1, 0.15) is 0 Å². The van der Waals surface area contributed by atoms with E-state index in [4.69, 9.17) is 22.7 Å². The fourth-order valence-corrected chi connectivity index (χ4v) is 2.59. The van der Waals surface area contributed by atoms with Crippen molar-refractivity contribution in [2.24, 2.45) is 11.1 Å². The summed E-state index contributed by atoms with van der Waals surface area (Å²) in [4.78, 5) is 12.5. The highest BCUT2D eigenvalue weighted by molar-refractivity contribution is 7.80. The number of hydrogen-bond donors (Lipinski definition) is 2. The van der Waals surface area contributed by atoms with Crippen LogP contribution < -0.4 is 11.1 Å². The van der Waals surface area contributed by atoms with E-state index >= 15 is 0 Å². The van der Waals surface area contributed by atoms with Crippen LogP contribution in [-0.4, -0.2) is 30.7 Å². The molecule has 5 heteroatoms. The van der Waals surface area contributed by atoms with Crippen molar-refractivity contribution >= 4 is 23.1 Å². The van der Waals surface area contributed by atoms with E-state index in [-0.39, 0.29) is 5.91 Å². The van der Waals surface area contributed by atoms with Gasteiger partial charge >= 0.3 is 0 Å². The molecular weight excluding hydrogens is 236 g/mol. The van der Waals surface area contributed by atoms with Crippen molar-refractivity contribution in [2.75, 3.05) is 19.8 Å². The fourth-order valence-electron chi connectivity index (χ4n) is 2.29. The molecule has 0 saturated heterocycles. The number of rotatable bonds is 6. The summed E-state index contributed by atoms with van der Waals surface area (Å²) in [6, 6.07) is 0. The van der Waals surface area contributed by atoms with Crippen LogP contribution in [0.25, 0.3) is 0 Å². The largest absolute Gasteiger partial charge is 0.392 e. The van der Waals surface area contributed by atoms with Gasteiger partial charge in [0.05, 0.1) is 17.0 Å². The summed E-state index contributed by atoms with van der Waals surface area (Å²) in [6.07, 6.45) is 4.77. The number of nitrogens with one attached hydrogen (secondary N) is 1. The lowest BCUT2D eigenvalue weighted by Gasteiger charge is -2.34. The van der Waals surface area contributed by atoms with Crippen LogP contribution in [0.5, 0.6) is 0 Å². The molecule has 0 aromatic rings. The minimum atomic E-state index is -0.611. The third-order valence-electron chi connectivity index (χ3n) is 3.35. The first-order chi connectivity index (χ1) is 8.13. The van der Waals surface area contributed by atoms with Gasteiger partial charge in [-0.15, -0.1) is 0 Å². The van der Waals surface area contributed by atoms with Crippen LogP contribution in [0, 0.1) is 5.41 Å². The Morgan fingerprint density at radius 2 is 2.06 bits per heavy atom. The van der Waals surface area contributed by atoms with Crippen LogP contribution in [0.15, 0.2) is 0 Å². The SMILES string of the molecule is CCOCCNC(=O)C1(C(N)=S)CCCCC1. The maximum atomic E-state index is 12.2. The Kier molecular flexibility index (Phi) is 5.85. The highest BCUT2D eigenvalue weighted by Crippen LogP contribution is 2.36. The third-order valence-corrected chi connectivity index (χ3v) is 3.74. The second-order valence-corrected chi connectivity index (χ2v) is 4.90. The normalized spacial score (nSPS) is 18.6. The molecule has 1 rings (SSSR count). The Labute approximate surface area is 108 Å². The summed E-state index contributed by atoms with van der Waals surface area (Å²) in [5.74, 6) is -0.0237. The van der Waals surface area contributed by atoms with Gasteiger partial charge in [-0.05, 0) is 19.8 Å². The summed E-state index contributed by atoms with van der Waals surface area (Å²) >= 11 is 5.09. The van der Waals surface area contributed by atoms with E-state index in [0.29, 0.717) is 24.7 Å². The van der Waals surface area contributed by atoms with Gasteiger partial charge in [0, 0.05) is 13.2 Å². The lowest BCUT2D eigenvalue weighted by Crippen LogP contribution is -2.50. The number of ether oxygens (including phenoxy) is 1. The number of hydrogen-bond acceptors (Lipinski definition) is 3. The Morgan fingerprint density at radius 1 is 1.41 bits per heavy atom. The Balaban J connectivity index is 2.52. The number of thiocarbonyl (C=S) groups is 1. The number of nitrogens with two attached hydrogens (primary N) is 1. The predicted molar refractivity (Wildman–Crippen MR) is 71.8 cm³/mol. The zero-order valence-corrected chi connectivity index (χ0v) is 11.3. The molecule has 0 aromatic carbocycles. The van der Waals surface area contributed by atoms with Gasteiger partial charge in [0.2, 0.25) is 5.91 Å². The lowest BCUT2D eigenvalue weighted by atomic mass is 9.73. The predicted octanol–water partition coefficient (Wildman–Crippen LogP) is 1.38. The minimum absolute atomic E-state index is 0.0237. The topological polar surface area (TPSA) is 64.3 Å². The summed E-state index contributed by atoms with van der Waals surface area (Å²) in [6.45, 7) is 3.66. The van der Waals surface area contributed by atoms with Crippen molar-refractivity contribution in [1.82, 2.24) is 5.32 Å². The van der Waals surface area contributed by atoms with Crippen LogP contribution in [0.1, 0.15) is 39.0 Å². The maximum absolute atomic E-state index is 12.2. The molecule has 1 aliphatic carbocycles. The lowest BCUT2D eigenvalue weighted by molar-refractivity contribution is -0.129. The molecule has 0 bridgehead atoms. The first kappa shape index (κ1) is 14.4. The van der Waals surface area contributed by atoms with Gasteiger partial charge in [-0.2, -0.15) is 0 Å². The van der Waals surface area contributed by atoms with Gasteiger partial charge in [-0.25, -0.2) is 0 Å². The van der Waals surface area contributed by atoms with E-state index in [2.05, 4.69) is 5.32 Å². The van der Waals surface area contributed by atoms with E-state index in [0.717, 1.165) is 32.1 Å². The Bertz CT molecular complexity index is 276. The van der Waals surface area contributed by atoms with Crippen LogP contribution in [0.4, 0.5) is 0 Å². The van der Waals surface area contributed by atoms with Crippen molar-refractivity contribution in [2.45, 2.75) is 39.0 Å². The van der Waals surface area contributed by atoms with E-state index in [1.54, 1.807) is 0 Å². The van der Waals surface area contributed by atoms with Crippen LogP contribution in [0.3, 0.4) is 0 Å². The zero-order chi connectivity index (χ0) is 12.7. The first-order valence-electron chi connectivity index (χ1n) is 6.29. The van der Waals surface area contributed by atoms with E-state index < -0.39 is 5.41 Å². The highest BCUT2D eigenvalue weighted by Gasteiger charge is 2.41. The maximum Gasteiger partial charge on any atom is 0.233 e. The number of carbonyl (C=O) groups is 1. The minimum Gasteiger partial charge on any atom is -0.392 e. The monoisotopic (exact) mass is 258 g/mol. The summed E-state index contributed by atoms with van der Waals surface area (Å²) in [5.41, 5.74) is 5.16. The Morgan fingerprint density at radius 3 is 2.59 bits per heavy atom. The molecule has 0 aliphatic heterocycles. The van der Waals surface area contributed by atoms with Gasteiger partial charge < -0.3 is 15.8 Å². The van der Waals surface area contributed by atoms with E-state index in [9.17, 15) is 4.79 Å². The summed E-state index contributed by atoms with van der Waals surface area (Å²) in [5, 5.41) is 2.88. The molecule has 98 valence electrons. The first-order valence-corrected chi connectivity index (χ1v) is 6.70. The standard InChI is InChI=1S/C12H22N2O2S/c1-2-16-9-8-14-11(15)12(10(13)17)6-4-3-5-7-12/h2-9H2,1H3,(H2,13,17)(H,14,15). The average Bonchev–Trinajstić information content (AvgIpc) is 2.35. The van der Waals surface area contributed by atoms with Crippen LogP contribution in [-0.2, 0) is 9.53 Å². The molecule has 4 nitrogen and oxygen atoms in total. The van der Waals surface area contributed by atoms with Crippen molar-refractivity contribution in [3.8, 4) is 0 Å². The van der Waals surface area contributed by atoms with Gasteiger partial charge in [0.15, 0.2) is 0 Å². The van der Waals surface area contributed by atoms with Crippen molar-refractivity contribution in [3.63, 3.8) is 0 Å². The average molecular weight is 258 g/mol. The molecule has 17 heavy (non-hydrogen) atoms. The van der Waals surface area contributed by atoms with Crippen LogP contribution in [0.2, 0.25) is 0 Å². The van der Waals surface area contributed by atoms with E-state index in [1.807, 2.05) is 6.92 Å². The van der Waals surface area contributed by atoms with Crippen molar-refractivity contribution in [3.05, 3.63) is 0 Å². The molecule has 0 unspecified atom stereocenters. The molecule has 0 spiro atoms. The smallest absolute Gasteiger partial charge is 0.233 e. The molecular formula is C12H22N2O2S. The highest BCUT2D eigenvalue weighted by atomic mass is 32.1. The molecule has 1 amide bonds. The quantitative estimate of drug-likeness (QED) is 0.558. The van der Waals surface area contributed by atoms with Crippen molar-refractivity contribution < 1.29 is 9.53 Å². The molecule has 0 radical (unpaired) electrons. The van der Waals surface area contributed by atoms with Crippen LogP contribution >= 0.6 is 12.2 Å². The van der Waals surface area contributed by atoms with Gasteiger partial charge in [-0.1, -0.05) is 31.5 Å². The second-order valence-electron chi connectivity index (χ2n) is 4.46. The Hall–Kier alpha value is -0.680. The molecule has 0 aromatic heterocycles. The molecule has 0 atom stereocenters. The van der Waals surface area contributed by atoms with E-state index in [1.165, 1.54) is 0 Å². The molecule has 1 fully saturated rings. The molecule has 0 heterocycles. The molecule has 1 aliphatic rings. The number of amides is 1. The molecule has 3 N–H and O–H groups in total. The summed E-state index contributed by atoms with van der Waals surface area (Å²) < 4.78 is 5.19.